The van der Waals surface area contributed by atoms with Crippen LogP contribution >= 0.6 is 0 Å². The smallest absolute Gasteiger partial charge is 0.225 e. The Kier molecular flexibility index (Phi) is 13.6. The van der Waals surface area contributed by atoms with Gasteiger partial charge in [0.1, 0.15) is 36.0 Å². The van der Waals surface area contributed by atoms with Gasteiger partial charge in [0.2, 0.25) is 11.8 Å². The van der Waals surface area contributed by atoms with Crippen molar-refractivity contribution in [3.63, 3.8) is 0 Å². The highest BCUT2D eigenvalue weighted by molar-refractivity contribution is 5.88. The van der Waals surface area contributed by atoms with Crippen LogP contribution in [-0.4, -0.2) is 148 Å². The number of carbonyl (C=O) groups excluding carboxylic acids is 2. The number of carbonyl (C=O) groups is 2. The van der Waals surface area contributed by atoms with E-state index in [2.05, 4.69) is 68.5 Å². The van der Waals surface area contributed by atoms with E-state index >= 15 is 0 Å². The van der Waals surface area contributed by atoms with Gasteiger partial charge in [-0.1, -0.05) is 0 Å². The molecule has 2 aliphatic carbocycles. The summed E-state index contributed by atoms with van der Waals surface area (Å²) in [5, 5.41) is 23.0. The molecular weight excluding hydrogens is 853 g/mol. The lowest BCUT2D eigenvalue weighted by atomic mass is 9.86. The van der Waals surface area contributed by atoms with Gasteiger partial charge in [0.25, 0.3) is 0 Å². The minimum atomic E-state index is -0.249. The van der Waals surface area contributed by atoms with Crippen molar-refractivity contribution in [1.29, 1.82) is 0 Å². The first-order valence-electron chi connectivity index (χ1n) is 23.9. The third-order valence-corrected chi connectivity index (χ3v) is 14.0. The molecule has 6 aromatic rings. The van der Waals surface area contributed by atoms with E-state index in [0.29, 0.717) is 49.2 Å². The number of aliphatic hydroxyl groups is 2. The number of fused-ring (bicyclic) bond motifs is 2. The number of hydrogen-bond donors (Lipinski definition) is 3. The summed E-state index contributed by atoms with van der Waals surface area (Å²) in [5.41, 5.74) is 4.67. The van der Waals surface area contributed by atoms with Gasteiger partial charge in [-0.3, -0.25) is 9.59 Å². The van der Waals surface area contributed by atoms with Crippen LogP contribution in [0, 0.1) is 25.7 Å². The second-order valence-electron chi connectivity index (χ2n) is 18.4. The minimum absolute atomic E-state index is 0.0393. The van der Waals surface area contributed by atoms with E-state index in [1.54, 1.807) is 37.4 Å². The van der Waals surface area contributed by atoms with Crippen molar-refractivity contribution in [3.05, 3.63) is 49.1 Å². The van der Waals surface area contributed by atoms with Crippen LogP contribution in [0.4, 0.5) is 11.6 Å². The number of aryl methyl sites for hydroxylation is 4. The lowest BCUT2D eigenvalue weighted by Crippen LogP contribution is -2.40. The molecule has 0 unspecified atom stereocenters. The Bertz CT molecular complexity index is 2670. The number of amides is 2. The molecule has 0 aromatic carbocycles. The molecule has 2 aliphatic heterocycles. The summed E-state index contributed by atoms with van der Waals surface area (Å²) in [6.07, 6.45) is 17.5. The number of anilines is 2. The number of rotatable bonds is 10. The predicted molar refractivity (Wildman–Crippen MR) is 251 cm³/mol. The standard InChI is InChI=1S/C24H32N8O2.C23H30N8O2/c1-4-32-21(17-11-25-15(2)26-12-17)29-20-22(27-14-28-23(20)32)30(3)18-9-10-31(13-18)24(34)16-5-7-19(33)8-6-16;1-3-31-21(16-10-24-14(2)25-11-16)29-19-20(26-13-27-22(19)31)28-17-8-9-30(12-17)23(33)15-4-6-18(32)7-5-15/h11-12,14,16,18-19,33H,4-10,13H2,1-3H3;10-11,13,15,17-18,32H,3-9,12H2,1-2H3,(H,26,27,28)/t16?,18-,19?;15?,17-,18?/m00/s1. The molecule has 6 aromatic heterocycles. The van der Waals surface area contributed by atoms with E-state index in [1.165, 1.54) is 0 Å². The Hall–Kier alpha value is -6.28. The molecule has 20 nitrogen and oxygen atoms in total. The van der Waals surface area contributed by atoms with Crippen molar-refractivity contribution in [2.45, 2.75) is 129 Å². The first-order chi connectivity index (χ1) is 32.5. The van der Waals surface area contributed by atoms with Crippen LogP contribution in [0.2, 0.25) is 0 Å². The predicted octanol–water partition coefficient (Wildman–Crippen LogP) is 4.38. The molecule has 4 aliphatic rings. The third-order valence-electron chi connectivity index (χ3n) is 14.0. The van der Waals surface area contributed by atoms with Crippen molar-refractivity contribution in [1.82, 2.24) is 68.8 Å². The monoisotopic (exact) mass is 915 g/mol. The van der Waals surface area contributed by atoms with Gasteiger partial charge in [-0.05, 0) is 91.9 Å². The molecule has 2 saturated heterocycles. The van der Waals surface area contributed by atoms with E-state index < -0.39 is 0 Å². The van der Waals surface area contributed by atoms with Gasteiger partial charge in [-0.2, -0.15) is 0 Å². The van der Waals surface area contributed by atoms with Gasteiger partial charge in [-0.15, -0.1) is 0 Å². The van der Waals surface area contributed by atoms with Gasteiger partial charge in [-0.25, -0.2) is 49.8 Å². The molecule has 67 heavy (non-hydrogen) atoms. The Morgan fingerprint density at radius 1 is 0.627 bits per heavy atom. The molecule has 2 atom stereocenters. The average Bonchev–Trinajstić information content (AvgIpc) is 4.18. The quantitative estimate of drug-likeness (QED) is 0.173. The fraction of sp³-hybridized carbons (Fsp3) is 0.574. The number of nitrogens with zero attached hydrogens (tertiary/aromatic N) is 15. The molecule has 0 spiro atoms. The summed E-state index contributed by atoms with van der Waals surface area (Å²) in [4.78, 5) is 77.2. The van der Waals surface area contributed by atoms with Gasteiger partial charge in [0.15, 0.2) is 34.0 Å². The number of hydrogen-bond acceptors (Lipinski definition) is 16. The highest BCUT2D eigenvalue weighted by Gasteiger charge is 2.36. The van der Waals surface area contributed by atoms with E-state index in [-0.39, 0.29) is 47.9 Å². The van der Waals surface area contributed by atoms with Crippen LogP contribution in [0.3, 0.4) is 0 Å². The molecule has 20 heteroatoms. The van der Waals surface area contributed by atoms with Crippen LogP contribution in [0.5, 0.6) is 0 Å². The second-order valence-corrected chi connectivity index (χ2v) is 18.4. The van der Waals surface area contributed by atoms with E-state index in [1.807, 2.05) is 35.3 Å². The molecule has 0 radical (unpaired) electrons. The molecule has 2 amide bonds. The van der Waals surface area contributed by atoms with Gasteiger partial charge < -0.3 is 39.4 Å². The van der Waals surface area contributed by atoms with Crippen LogP contribution in [0.25, 0.3) is 45.1 Å². The Balaban J connectivity index is 0.000000168. The number of likely N-dealkylation sites (N-methyl/N-ethyl adjacent to an activating group) is 1. The summed E-state index contributed by atoms with van der Waals surface area (Å²) < 4.78 is 4.10. The largest absolute Gasteiger partial charge is 0.393 e. The maximum Gasteiger partial charge on any atom is 0.225 e. The summed E-state index contributed by atoms with van der Waals surface area (Å²) >= 11 is 0. The van der Waals surface area contributed by atoms with Crippen LogP contribution in [0.1, 0.15) is 89.7 Å². The number of nitrogens with one attached hydrogen (secondary N) is 1. The number of likely N-dealkylation sites (tertiary alicyclic amines) is 2. The summed E-state index contributed by atoms with van der Waals surface area (Å²) in [6, 6.07) is 0.272. The Labute approximate surface area is 389 Å². The first-order valence-corrected chi connectivity index (χ1v) is 23.9. The lowest BCUT2D eigenvalue weighted by Gasteiger charge is -2.29. The molecule has 8 heterocycles. The van der Waals surface area contributed by atoms with E-state index in [4.69, 9.17) is 9.97 Å². The molecule has 354 valence electrons. The number of imidazole rings is 2. The zero-order valence-electron chi connectivity index (χ0n) is 39.2. The first kappa shape index (κ1) is 45.9. The Morgan fingerprint density at radius 2 is 1.10 bits per heavy atom. The number of aromatic nitrogens is 12. The minimum Gasteiger partial charge on any atom is -0.393 e. The van der Waals surface area contributed by atoms with Crippen molar-refractivity contribution in [3.8, 4) is 22.8 Å². The van der Waals surface area contributed by atoms with Crippen molar-refractivity contribution in [2.75, 3.05) is 43.4 Å². The van der Waals surface area contributed by atoms with E-state index in [0.717, 1.165) is 123 Å². The zero-order chi connectivity index (χ0) is 46.8. The summed E-state index contributed by atoms with van der Waals surface area (Å²) in [5.74, 6) is 4.94. The summed E-state index contributed by atoms with van der Waals surface area (Å²) in [6.45, 7) is 12.1. The maximum absolute atomic E-state index is 13.1. The normalized spacial score (nSPS) is 23.1. The third kappa shape index (κ3) is 9.63. The molecule has 4 fully saturated rings. The lowest BCUT2D eigenvalue weighted by molar-refractivity contribution is -0.136. The fourth-order valence-electron chi connectivity index (χ4n) is 10.1. The van der Waals surface area contributed by atoms with Crippen molar-refractivity contribution in [2.24, 2.45) is 11.8 Å². The van der Waals surface area contributed by atoms with E-state index in [9.17, 15) is 19.8 Å². The molecule has 2 saturated carbocycles. The second kappa shape index (κ2) is 19.9. The Morgan fingerprint density at radius 3 is 1.64 bits per heavy atom. The van der Waals surface area contributed by atoms with Gasteiger partial charge in [0, 0.05) is 95.0 Å². The van der Waals surface area contributed by atoms with Crippen LogP contribution in [-0.2, 0) is 22.7 Å². The molecule has 0 bridgehead atoms. The van der Waals surface area contributed by atoms with Gasteiger partial charge >= 0.3 is 0 Å². The average molecular weight is 915 g/mol. The molecular formula is C47H62N16O4. The topological polar surface area (TPSA) is 235 Å². The summed E-state index contributed by atoms with van der Waals surface area (Å²) in [7, 11) is 2.02. The van der Waals surface area contributed by atoms with Crippen molar-refractivity contribution < 1.29 is 19.8 Å². The van der Waals surface area contributed by atoms with Crippen LogP contribution < -0.4 is 10.2 Å². The van der Waals surface area contributed by atoms with Crippen molar-refractivity contribution >= 4 is 45.8 Å². The highest BCUT2D eigenvalue weighted by Crippen LogP contribution is 2.33. The maximum atomic E-state index is 13.1. The fourth-order valence-corrected chi connectivity index (χ4v) is 10.1. The SMILES string of the molecule is CCn1c(-c2cnc(C)nc2)nc2c(N(C)[C@H]3CCN(C(=O)C4CCC(O)CC4)C3)ncnc21.CCn1c(-c2cnc(C)nc2)nc2c(N[C@H]3CCN(C(=O)C4CCC(O)CC4)C3)ncnc21. The molecule has 3 N–H and O–H groups in total. The zero-order valence-corrected chi connectivity index (χ0v) is 39.2. The number of aliphatic hydroxyl groups excluding tert-OH is 2. The van der Waals surface area contributed by atoms with Gasteiger partial charge in [0.05, 0.1) is 23.3 Å². The van der Waals surface area contributed by atoms with Crippen LogP contribution in [0.15, 0.2) is 37.4 Å². The molecule has 10 rings (SSSR count). The highest BCUT2D eigenvalue weighted by atomic mass is 16.3.